The number of hydrogen-bond acceptors (Lipinski definition) is 5. The lowest BCUT2D eigenvalue weighted by Crippen LogP contribution is -2.12. The summed E-state index contributed by atoms with van der Waals surface area (Å²) in [4.78, 5) is 12.4. The van der Waals surface area contributed by atoms with Crippen LogP contribution >= 0.6 is 0 Å². The zero-order valence-electron chi connectivity index (χ0n) is 16.0. The molecule has 29 heavy (non-hydrogen) atoms. The van der Waals surface area contributed by atoms with Crippen molar-refractivity contribution in [2.45, 2.75) is 13.8 Å². The molecule has 7 nitrogen and oxygen atoms in total. The summed E-state index contributed by atoms with van der Waals surface area (Å²) in [5.41, 5.74) is 3.55. The topological polar surface area (TPSA) is 81.9 Å². The van der Waals surface area contributed by atoms with Gasteiger partial charge < -0.3 is 10.1 Å². The van der Waals surface area contributed by atoms with Gasteiger partial charge in [-0.1, -0.05) is 6.07 Å². The summed E-state index contributed by atoms with van der Waals surface area (Å²) in [5.74, 6) is 1.41. The maximum Gasteiger partial charge on any atom is 0.255 e. The number of aryl methyl sites for hydroxylation is 2. The number of carbonyl (C=O) groups is 1. The number of nitrogens with one attached hydrogen (secondary N) is 1. The van der Waals surface area contributed by atoms with Crippen LogP contribution in [0, 0.1) is 13.8 Å². The zero-order chi connectivity index (χ0) is 20.2. The van der Waals surface area contributed by atoms with E-state index >= 15 is 0 Å². The molecule has 0 aliphatic rings. The minimum atomic E-state index is -0.151. The Bertz CT molecular complexity index is 1120. The number of hydrogen-bond donors (Lipinski definition) is 1. The summed E-state index contributed by atoms with van der Waals surface area (Å²) in [6.45, 7) is 4.01. The van der Waals surface area contributed by atoms with Gasteiger partial charge in [-0.05, 0) is 73.5 Å². The van der Waals surface area contributed by atoms with Gasteiger partial charge in [-0.2, -0.15) is 5.10 Å². The lowest BCUT2D eigenvalue weighted by Gasteiger charge is -2.09. The first kappa shape index (κ1) is 18.4. The van der Waals surface area contributed by atoms with Crippen molar-refractivity contribution in [2.75, 3.05) is 5.32 Å². The highest BCUT2D eigenvalue weighted by Crippen LogP contribution is 2.22. The Balaban J connectivity index is 1.40. The van der Waals surface area contributed by atoms with Gasteiger partial charge in [0.25, 0.3) is 5.91 Å². The average molecular weight is 385 g/mol. The molecule has 0 fully saturated rings. The van der Waals surface area contributed by atoms with E-state index in [9.17, 15) is 4.79 Å². The number of carbonyl (C=O) groups excluding carboxylic acids is 1. The third kappa shape index (κ3) is 4.30. The van der Waals surface area contributed by atoms with Gasteiger partial charge in [-0.15, -0.1) is 10.2 Å². The van der Waals surface area contributed by atoms with E-state index in [1.54, 1.807) is 53.5 Å². The highest BCUT2D eigenvalue weighted by molar-refractivity contribution is 6.04. The molecule has 0 aliphatic carbocycles. The fourth-order valence-corrected chi connectivity index (χ4v) is 2.71. The van der Waals surface area contributed by atoms with Crippen molar-refractivity contribution in [3.8, 4) is 17.4 Å². The van der Waals surface area contributed by atoms with Gasteiger partial charge in [-0.3, -0.25) is 4.79 Å². The van der Waals surface area contributed by atoms with Crippen LogP contribution in [0.3, 0.4) is 0 Å². The summed E-state index contributed by atoms with van der Waals surface area (Å²) in [6.07, 6.45) is 3.46. The van der Waals surface area contributed by atoms with E-state index < -0.39 is 0 Å². The molecule has 0 aliphatic heterocycles. The molecule has 2 aromatic carbocycles. The van der Waals surface area contributed by atoms with Crippen molar-refractivity contribution in [1.29, 1.82) is 0 Å². The van der Waals surface area contributed by atoms with Gasteiger partial charge in [0.1, 0.15) is 5.75 Å². The molecular weight excluding hydrogens is 366 g/mol. The van der Waals surface area contributed by atoms with Crippen LogP contribution in [-0.2, 0) is 0 Å². The molecule has 1 N–H and O–H groups in total. The van der Waals surface area contributed by atoms with Gasteiger partial charge in [0.2, 0.25) is 5.88 Å². The van der Waals surface area contributed by atoms with Crippen LogP contribution in [0.15, 0.2) is 73.1 Å². The first-order valence-corrected chi connectivity index (χ1v) is 9.09. The monoisotopic (exact) mass is 385 g/mol. The van der Waals surface area contributed by atoms with E-state index in [0.717, 1.165) is 11.1 Å². The van der Waals surface area contributed by atoms with Gasteiger partial charge in [0, 0.05) is 29.7 Å². The summed E-state index contributed by atoms with van der Waals surface area (Å²) >= 11 is 0. The van der Waals surface area contributed by atoms with Crippen LogP contribution in [0.4, 0.5) is 5.69 Å². The second kappa shape index (κ2) is 7.93. The minimum absolute atomic E-state index is 0.151. The van der Waals surface area contributed by atoms with Gasteiger partial charge in [0.15, 0.2) is 5.82 Å². The maximum atomic E-state index is 12.4. The largest absolute Gasteiger partial charge is 0.438 e. The molecule has 4 rings (SSSR count). The van der Waals surface area contributed by atoms with E-state index in [4.69, 9.17) is 4.74 Å². The van der Waals surface area contributed by atoms with E-state index in [1.165, 1.54) is 0 Å². The van der Waals surface area contributed by atoms with Crippen LogP contribution in [-0.4, -0.2) is 25.9 Å². The molecule has 0 spiro atoms. The predicted octanol–water partition coefficient (Wildman–Crippen LogP) is 4.32. The van der Waals surface area contributed by atoms with Gasteiger partial charge >= 0.3 is 0 Å². The van der Waals surface area contributed by atoms with Crippen LogP contribution in [0.1, 0.15) is 21.5 Å². The SMILES string of the molecule is Cc1ccc(C(=O)Nc2ccc(Oc3ccc(-n4cccn4)nn3)cc2)cc1C. The average Bonchev–Trinajstić information content (AvgIpc) is 3.27. The predicted molar refractivity (Wildman–Crippen MR) is 110 cm³/mol. The number of nitrogens with zero attached hydrogens (tertiary/aromatic N) is 4. The Morgan fingerprint density at radius 2 is 1.79 bits per heavy atom. The molecular formula is C22H19N5O2. The summed E-state index contributed by atoms with van der Waals surface area (Å²) in [6, 6.07) is 18.0. The molecule has 7 heteroatoms. The minimum Gasteiger partial charge on any atom is -0.438 e. The molecule has 0 atom stereocenters. The highest BCUT2D eigenvalue weighted by atomic mass is 16.5. The fourth-order valence-electron chi connectivity index (χ4n) is 2.71. The molecule has 0 saturated carbocycles. The summed E-state index contributed by atoms with van der Waals surface area (Å²) < 4.78 is 7.32. The van der Waals surface area contributed by atoms with Gasteiger partial charge in [0.05, 0.1) is 0 Å². The molecule has 0 bridgehead atoms. The van der Waals surface area contributed by atoms with Gasteiger partial charge in [-0.25, -0.2) is 4.68 Å². The fraction of sp³-hybridized carbons (Fsp3) is 0.0909. The Kier molecular flexibility index (Phi) is 5.03. The van der Waals surface area contributed by atoms with Crippen molar-refractivity contribution in [3.63, 3.8) is 0 Å². The van der Waals surface area contributed by atoms with Crippen molar-refractivity contribution in [1.82, 2.24) is 20.0 Å². The number of ether oxygens (including phenoxy) is 1. The van der Waals surface area contributed by atoms with E-state index in [1.807, 2.05) is 38.1 Å². The Morgan fingerprint density at radius 1 is 0.966 bits per heavy atom. The Hall–Kier alpha value is -4.00. The lowest BCUT2D eigenvalue weighted by molar-refractivity contribution is 0.102. The quantitative estimate of drug-likeness (QED) is 0.553. The van der Waals surface area contributed by atoms with Crippen LogP contribution in [0.5, 0.6) is 11.6 Å². The molecule has 4 aromatic rings. The van der Waals surface area contributed by atoms with Crippen molar-refractivity contribution < 1.29 is 9.53 Å². The second-order valence-corrected chi connectivity index (χ2v) is 6.56. The van der Waals surface area contributed by atoms with Crippen molar-refractivity contribution in [2.24, 2.45) is 0 Å². The number of amides is 1. The standard InChI is InChI=1S/C22H19N5O2/c1-15-4-5-17(14-16(15)2)22(28)24-18-6-8-19(9-7-18)29-21-11-10-20(25-26-21)27-13-3-12-23-27/h3-14H,1-2H3,(H,24,28). The summed E-state index contributed by atoms with van der Waals surface area (Å²) in [5, 5.41) is 15.1. The Labute approximate surface area is 168 Å². The van der Waals surface area contributed by atoms with Crippen LogP contribution in [0.25, 0.3) is 5.82 Å². The molecule has 0 saturated heterocycles. The van der Waals surface area contributed by atoms with Crippen molar-refractivity contribution in [3.05, 3.63) is 89.7 Å². The number of rotatable bonds is 5. The lowest BCUT2D eigenvalue weighted by atomic mass is 10.1. The van der Waals surface area contributed by atoms with E-state index in [-0.39, 0.29) is 5.91 Å². The van der Waals surface area contributed by atoms with Crippen LogP contribution < -0.4 is 10.1 Å². The number of anilines is 1. The molecule has 0 unspecified atom stereocenters. The Morgan fingerprint density at radius 3 is 2.45 bits per heavy atom. The zero-order valence-corrected chi connectivity index (χ0v) is 16.0. The van der Waals surface area contributed by atoms with E-state index in [2.05, 4.69) is 20.6 Å². The molecule has 144 valence electrons. The maximum absolute atomic E-state index is 12.4. The normalized spacial score (nSPS) is 10.6. The molecule has 1 amide bonds. The first-order valence-electron chi connectivity index (χ1n) is 9.09. The first-order chi connectivity index (χ1) is 14.1. The molecule has 2 heterocycles. The third-order valence-corrected chi connectivity index (χ3v) is 4.47. The van der Waals surface area contributed by atoms with Crippen LogP contribution in [0.2, 0.25) is 0 Å². The van der Waals surface area contributed by atoms with Crippen molar-refractivity contribution >= 4 is 11.6 Å². The molecule has 0 radical (unpaired) electrons. The molecule has 2 aromatic heterocycles. The third-order valence-electron chi connectivity index (χ3n) is 4.47. The van der Waals surface area contributed by atoms with E-state index in [0.29, 0.717) is 28.7 Å². The summed E-state index contributed by atoms with van der Waals surface area (Å²) in [7, 11) is 0. The number of aromatic nitrogens is 4. The number of benzene rings is 2. The highest BCUT2D eigenvalue weighted by Gasteiger charge is 2.08. The second-order valence-electron chi connectivity index (χ2n) is 6.56. The smallest absolute Gasteiger partial charge is 0.255 e.